The van der Waals surface area contributed by atoms with Gasteiger partial charge in [-0.3, -0.25) is 19.7 Å². The standard InChI is InChI=1S/C11H11ClN2O5/c12-8-5-4-7(6-9(8)14(18)19)13-10(15)2-1-3-11(16)17/h4-6H,1-3H2,(H,13,15)(H,16,17). The number of hydrogen-bond acceptors (Lipinski definition) is 4. The highest BCUT2D eigenvalue weighted by Gasteiger charge is 2.13. The number of carboxylic acids is 1. The molecular formula is C11H11ClN2O5. The topological polar surface area (TPSA) is 110 Å². The molecule has 0 saturated carbocycles. The van der Waals surface area contributed by atoms with E-state index in [1.54, 1.807) is 0 Å². The SMILES string of the molecule is O=C(O)CCCC(=O)Nc1ccc(Cl)c([N+](=O)[O-])c1. The van der Waals surface area contributed by atoms with E-state index in [0.29, 0.717) is 0 Å². The molecule has 1 aromatic carbocycles. The molecule has 1 rings (SSSR count). The Kier molecular flexibility index (Phi) is 5.25. The predicted molar refractivity (Wildman–Crippen MR) is 68.2 cm³/mol. The molecule has 0 radical (unpaired) electrons. The van der Waals surface area contributed by atoms with Crippen LogP contribution in [0.5, 0.6) is 0 Å². The molecule has 0 aromatic heterocycles. The average molecular weight is 287 g/mol. The van der Waals surface area contributed by atoms with Gasteiger partial charge >= 0.3 is 5.97 Å². The van der Waals surface area contributed by atoms with Gasteiger partial charge in [-0.2, -0.15) is 0 Å². The number of anilines is 1. The lowest BCUT2D eigenvalue weighted by Gasteiger charge is -2.05. The maximum atomic E-state index is 11.5. The second kappa shape index (κ2) is 6.69. The number of aliphatic carboxylic acids is 1. The molecule has 0 aliphatic heterocycles. The van der Waals surface area contributed by atoms with Crippen molar-refractivity contribution < 1.29 is 19.6 Å². The zero-order chi connectivity index (χ0) is 14.4. The maximum Gasteiger partial charge on any atom is 0.303 e. The van der Waals surface area contributed by atoms with Crippen LogP contribution in [0.1, 0.15) is 19.3 Å². The number of carbonyl (C=O) groups is 2. The van der Waals surface area contributed by atoms with Gasteiger partial charge in [0.05, 0.1) is 4.92 Å². The lowest BCUT2D eigenvalue weighted by atomic mass is 10.2. The van der Waals surface area contributed by atoms with Gasteiger partial charge in [0.25, 0.3) is 5.69 Å². The second-order valence-electron chi connectivity index (χ2n) is 3.72. The summed E-state index contributed by atoms with van der Waals surface area (Å²) in [6, 6.07) is 3.90. The smallest absolute Gasteiger partial charge is 0.303 e. The number of nitro groups is 1. The lowest BCUT2D eigenvalue weighted by molar-refractivity contribution is -0.384. The molecule has 102 valence electrons. The fourth-order valence-electron chi connectivity index (χ4n) is 1.35. The minimum absolute atomic E-state index is 0.0196. The predicted octanol–water partition coefficient (Wildman–Crippen LogP) is 2.44. The molecule has 0 aliphatic rings. The minimum atomic E-state index is -0.977. The largest absolute Gasteiger partial charge is 0.481 e. The number of benzene rings is 1. The quantitative estimate of drug-likeness (QED) is 0.616. The lowest BCUT2D eigenvalue weighted by Crippen LogP contribution is -2.12. The molecule has 0 unspecified atom stereocenters. The Labute approximate surface area is 113 Å². The van der Waals surface area contributed by atoms with Crippen molar-refractivity contribution in [3.05, 3.63) is 33.3 Å². The normalized spacial score (nSPS) is 9.95. The third kappa shape index (κ3) is 4.92. The van der Waals surface area contributed by atoms with E-state index in [0.717, 1.165) is 6.07 Å². The highest BCUT2D eigenvalue weighted by molar-refractivity contribution is 6.32. The Morgan fingerprint density at radius 2 is 2.05 bits per heavy atom. The van der Waals surface area contributed by atoms with Crippen molar-refractivity contribution >= 4 is 34.9 Å². The monoisotopic (exact) mass is 286 g/mol. The molecular weight excluding hydrogens is 276 g/mol. The van der Waals surface area contributed by atoms with E-state index < -0.39 is 16.8 Å². The first-order chi connectivity index (χ1) is 8.90. The van der Waals surface area contributed by atoms with Crippen molar-refractivity contribution in [2.24, 2.45) is 0 Å². The van der Waals surface area contributed by atoms with E-state index in [4.69, 9.17) is 16.7 Å². The van der Waals surface area contributed by atoms with E-state index >= 15 is 0 Å². The van der Waals surface area contributed by atoms with Crippen LogP contribution in [0.3, 0.4) is 0 Å². The van der Waals surface area contributed by atoms with Gasteiger partial charge in [0.1, 0.15) is 5.02 Å². The van der Waals surface area contributed by atoms with Gasteiger partial charge in [0, 0.05) is 24.6 Å². The van der Waals surface area contributed by atoms with Gasteiger partial charge in [-0.15, -0.1) is 0 Å². The molecule has 7 nitrogen and oxygen atoms in total. The summed E-state index contributed by atoms with van der Waals surface area (Å²) in [5.41, 5.74) is -0.0542. The number of amides is 1. The Balaban J connectivity index is 2.62. The number of nitrogens with one attached hydrogen (secondary N) is 1. The van der Waals surface area contributed by atoms with Crippen LogP contribution < -0.4 is 5.32 Å². The summed E-state index contributed by atoms with van der Waals surface area (Å²) in [6.07, 6.45) is 0.133. The Morgan fingerprint density at radius 3 is 2.63 bits per heavy atom. The van der Waals surface area contributed by atoms with E-state index in [2.05, 4.69) is 5.32 Å². The third-order valence-electron chi connectivity index (χ3n) is 2.22. The van der Waals surface area contributed by atoms with Crippen molar-refractivity contribution in [3.8, 4) is 0 Å². The Morgan fingerprint density at radius 1 is 1.37 bits per heavy atom. The molecule has 0 spiro atoms. The van der Waals surface area contributed by atoms with Gasteiger partial charge in [-0.1, -0.05) is 11.6 Å². The molecule has 1 aromatic rings. The minimum Gasteiger partial charge on any atom is -0.481 e. The van der Waals surface area contributed by atoms with Crippen LogP contribution >= 0.6 is 11.6 Å². The molecule has 19 heavy (non-hydrogen) atoms. The molecule has 0 saturated heterocycles. The van der Waals surface area contributed by atoms with Crippen molar-refractivity contribution in [1.82, 2.24) is 0 Å². The third-order valence-corrected chi connectivity index (χ3v) is 2.54. The summed E-state index contributed by atoms with van der Waals surface area (Å²) in [4.78, 5) is 31.7. The van der Waals surface area contributed by atoms with Crippen LogP contribution in [0.2, 0.25) is 5.02 Å². The van der Waals surface area contributed by atoms with Crippen LogP contribution in [0.15, 0.2) is 18.2 Å². The Bertz CT molecular complexity index is 518. The van der Waals surface area contributed by atoms with Crippen molar-refractivity contribution in [2.75, 3.05) is 5.32 Å². The highest BCUT2D eigenvalue weighted by Crippen LogP contribution is 2.27. The first-order valence-electron chi connectivity index (χ1n) is 5.35. The van der Waals surface area contributed by atoms with E-state index in [9.17, 15) is 19.7 Å². The van der Waals surface area contributed by atoms with Gasteiger partial charge in [0.15, 0.2) is 0 Å². The molecule has 0 bridgehead atoms. The van der Waals surface area contributed by atoms with E-state index in [-0.39, 0.29) is 35.7 Å². The van der Waals surface area contributed by atoms with Crippen LogP contribution in [0.25, 0.3) is 0 Å². The van der Waals surface area contributed by atoms with E-state index in [1.165, 1.54) is 12.1 Å². The number of halogens is 1. The summed E-state index contributed by atoms with van der Waals surface area (Å²) in [7, 11) is 0. The molecule has 0 atom stereocenters. The Hall–Kier alpha value is -2.15. The van der Waals surface area contributed by atoms with Gasteiger partial charge in [-0.25, -0.2) is 0 Å². The van der Waals surface area contributed by atoms with E-state index in [1.807, 2.05) is 0 Å². The molecule has 0 aliphatic carbocycles. The summed E-state index contributed by atoms with van der Waals surface area (Å²) >= 11 is 5.63. The first kappa shape index (κ1) is 14.9. The fourth-order valence-corrected chi connectivity index (χ4v) is 1.54. The first-order valence-corrected chi connectivity index (χ1v) is 5.73. The molecule has 1 amide bonds. The van der Waals surface area contributed by atoms with Crippen LogP contribution in [0.4, 0.5) is 11.4 Å². The fraction of sp³-hybridized carbons (Fsp3) is 0.273. The highest BCUT2D eigenvalue weighted by atomic mass is 35.5. The van der Waals surface area contributed by atoms with Gasteiger partial charge < -0.3 is 10.4 Å². The maximum absolute atomic E-state index is 11.5. The summed E-state index contributed by atoms with van der Waals surface area (Å²) in [5.74, 6) is -1.38. The van der Waals surface area contributed by atoms with Crippen molar-refractivity contribution in [3.63, 3.8) is 0 Å². The van der Waals surface area contributed by atoms with Gasteiger partial charge in [0.2, 0.25) is 5.91 Å². The number of nitro benzene ring substituents is 1. The van der Waals surface area contributed by atoms with Crippen LogP contribution in [-0.2, 0) is 9.59 Å². The zero-order valence-corrected chi connectivity index (χ0v) is 10.5. The van der Waals surface area contributed by atoms with Crippen molar-refractivity contribution in [2.45, 2.75) is 19.3 Å². The number of rotatable bonds is 6. The van der Waals surface area contributed by atoms with Crippen LogP contribution in [0, 0.1) is 10.1 Å². The molecule has 0 fully saturated rings. The zero-order valence-electron chi connectivity index (χ0n) is 9.76. The number of carbonyl (C=O) groups excluding carboxylic acids is 1. The van der Waals surface area contributed by atoms with Gasteiger partial charge in [-0.05, 0) is 18.6 Å². The summed E-state index contributed by atoms with van der Waals surface area (Å²) in [6.45, 7) is 0. The van der Waals surface area contributed by atoms with Crippen LogP contribution in [-0.4, -0.2) is 21.9 Å². The average Bonchev–Trinajstić information content (AvgIpc) is 2.30. The van der Waals surface area contributed by atoms with Crippen molar-refractivity contribution in [1.29, 1.82) is 0 Å². The summed E-state index contributed by atoms with van der Waals surface area (Å²) < 4.78 is 0. The molecule has 2 N–H and O–H groups in total. The number of nitrogens with zero attached hydrogens (tertiary/aromatic N) is 1. The molecule has 8 heteroatoms. The molecule has 0 heterocycles. The number of hydrogen-bond donors (Lipinski definition) is 2. The second-order valence-corrected chi connectivity index (χ2v) is 4.13. The summed E-state index contributed by atoms with van der Waals surface area (Å²) in [5, 5.41) is 21.5. The number of carboxylic acid groups (broad SMARTS) is 1.